The van der Waals surface area contributed by atoms with Crippen LogP contribution in [0.4, 0.5) is 5.82 Å². The maximum atomic E-state index is 11.1. The topological polar surface area (TPSA) is 46.9 Å². The van der Waals surface area contributed by atoms with E-state index < -0.39 is 0 Å². The number of carbonyl (C=O) groups is 1. The Balaban J connectivity index is 2.76. The van der Waals surface area contributed by atoms with Crippen molar-refractivity contribution in [2.45, 2.75) is 19.9 Å². The van der Waals surface area contributed by atoms with E-state index in [1.54, 1.807) is 16.9 Å². The zero-order valence-corrected chi connectivity index (χ0v) is 9.21. The Morgan fingerprint density at radius 2 is 2.46 bits per heavy atom. The molecule has 0 atom stereocenters. The highest BCUT2D eigenvalue weighted by Crippen LogP contribution is 2.12. The molecule has 0 bridgehead atoms. The van der Waals surface area contributed by atoms with Gasteiger partial charge in [-0.3, -0.25) is 4.79 Å². The van der Waals surface area contributed by atoms with Crippen LogP contribution in [0.1, 0.15) is 19.9 Å². The van der Waals surface area contributed by atoms with Gasteiger partial charge < -0.3 is 5.32 Å². The molecule has 0 aromatic carbocycles. The zero-order chi connectivity index (χ0) is 9.84. The van der Waals surface area contributed by atoms with Gasteiger partial charge in [-0.15, -0.1) is 0 Å². The number of carbonyl (C=O) groups excluding carboxylic acids is 1. The van der Waals surface area contributed by atoms with E-state index >= 15 is 0 Å². The Morgan fingerprint density at radius 1 is 1.77 bits per heavy atom. The van der Waals surface area contributed by atoms with Crippen molar-refractivity contribution in [3.8, 4) is 0 Å². The number of anilines is 1. The summed E-state index contributed by atoms with van der Waals surface area (Å²) < 4.78 is 1.76. The van der Waals surface area contributed by atoms with Crippen LogP contribution in [0.15, 0.2) is 12.3 Å². The number of halogens is 1. The molecule has 1 heterocycles. The first kappa shape index (κ1) is 10.2. The van der Waals surface area contributed by atoms with Crippen LogP contribution in [0.2, 0.25) is 0 Å². The summed E-state index contributed by atoms with van der Waals surface area (Å²) in [4.78, 5) is 11.1. The molecule has 0 aliphatic rings. The first-order valence-corrected chi connectivity index (χ1v) is 5.16. The van der Waals surface area contributed by atoms with Crippen molar-refractivity contribution in [2.24, 2.45) is 0 Å². The van der Waals surface area contributed by atoms with Gasteiger partial charge in [-0.1, -0.05) is 15.9 Å². The number of nitrogens with zero attached hydrogens (tertiary/aromatic N) is 2. The first-order chi connectivity index (χ1) is 6.15. The van der Waals surface area contributed by atoms with Gasteiger partial charge in [-0.2, -0.15) is 5.10 Å². The third-order valence-electron chi connectivity index (χ3n) is 1.55. The first-order valence-electron chi connectivity index (χ1n) is 4.04. The van der Waals surface area contributed by atoms with Crippen molar-refractivity contribution in [1.82, 2.24) is 9.78 Å². The van der Waals surface area contributed by atoms with E-state index in [0.717, 1.165) is 5.82 Å². The average molecular weight is 246 g/mol. The van der Waals surface area contributed by atoms with Crippen LogP contribution in [0.5, 0.6) is 0 Å². The maximum absolute atomic E-state index is 11.1. The highest BCUT2D eigenvalue weighted by Gasteiger charge is 2.07. The fraction of sp³-hybridized carbons (Fsp3) is 0.500. The van der Waals surface area contributed by atoms with Crippen LogP contribution in [-0.4, -0.2) is 21.0 Å². The van der Waals surface area contributed by atoms with Crippen molar-refractivity contribution in [1.29, 1.82) is 0 Å². The van der Waals surface area contributed by atoms with E-state index in [4.69, 9.17) is 0 Å². The molecule has 1 N–H and O–H groups in total. The van der Waals surface area contributed by atoms with Crippen molar-refractivity contribution in [2.75, 3.05) is 10.6 Å². The summed E-state index contributed by atoms with van der Waals surface area (Å²) in [6.45, 7) is 4.02. The average Bonchev–Trinajstić information content (AvgIpc) is 2.52. The van der Waals surface area contributed by atoms with Crippen LogP contribution in [0.3, 0.4) is 0 Å². The molecule has 1 rings (SSSR count). The van der Waals surface area contributed by atoms with Gasteiger partial charge in [0.05, 0.1) is 11.5 Å². The SMILES string of the molecule is CC(C)n1nccc1NC(=O)CBr. The summed E-state index contributed by atoms with van der Waals surface area (Å²) in [6, 6.07) is 2.03. The molecule has 0 saturated carbocycles. The standard InChI is InChI=1S/C8H12BrN3O/c1-6(2)12-7(3-4-10-12)11-8(13)5-9/h3-4,6H,5H2,1-2H3,(H,11,13). The molecule has 0 fully saturated rings. The van der Waals surface area contributed by atoms with Gasteiger partial charge in [-0.25, -0.2) is 4.68 Å². The quantitative estimate of drug-likeness (QED) is 0.826. The zero-order valence-electron chi connectivity index (χ0n) is 7.62. The number of nitrogens with one attached hydrogen (secondary N) is 1. The number of aromatic nitrogens is 2. The van der Waals surface area contributed by atoms with Gasteiger partial charge in [-0.05, 0) is 13.8 Å². The van der Waals surface area contributed by atoms with E-state index in [0.29, 0.717) is 5.33 Å². The fourth-order valence-corrected chi connectivity index (χ4v) is 1.14. The van der Waals surface area contributed by atoms with Crippen LogP contribution in [0, 0.1) is 0 Å². The summed E-state index contributed by atoms with van der Waals surface area (Å²) >= 11 is 3.08. The second-order valence-corrected chi connectivity index (χ2v) is 3.50. The molecule has 0 aliphatic heterocycles. The summed E-state index contributed by atoms with van der Waals surface area (Å²) in [5.41, 5.74) is 0. The number of amides is 1. The summed E-state index contributed by atoms with van der Waals surface area (Å²) in [6.07, 6.45) is 1.67. The molecule has 1 amide bonds. The summed E-state index contributed by atoms with van der Waals surface area (Å²) in [7, 11) is 0. The van der Waals surface area contributed by atoms with E-state index in [-0.39, 0.29) is 11.9 Å². The normalized spacial score (nSPS) is 10.5. The molecule has 4 nitrogen and oxygen atoms in total. The predicted molar refractivity (Wildman–Crippen MR) is 55.0 cm³/mol. The van der Waals surface area contributed by atoms with Gasteiger partial charge in [0.15, 0.2) is 0 Å². The highest BCUT2D eigenvalue weighted by atomic mass is 79.9. The Labute approximate surface area is 85.4 Å². The minimum Gasteiger partial charge on any atom is -0.310 e. The van der Waals surface area contributed by atoms with Crippen LogP contribution < -0.4 is 5.32 Å². The van der Waals surface area contributed by atoms with Gasteiger partial charge in [0, 0.05) is 12.1 Å². The Bertz CT molecular complexity index is 295. The molecule has 5 heteroatoms. The number of rotatable bonds is 3. The Kier molecular flexibility index (Phi) is 3.48. The Hall–Kier alpha value is -0.840. The number of alkyl halides is 1. The molecule has 0 saturated heterocycles. The second kappa shape index (κ2) is 4.41. The molecule has 0 unspecified atom stereocenters. The minimum absolute atomic E-state index is 0.0672. The van der Waals surface area contributed by atoms with E-state index in [1.165, 1.54) is 0 Å². The monoisotopic (exact) mass is 245 g/mol. The van der Waals surface area contributed by atoms with Gasteiger partial charge in [0.1, 0.15) is 5.82 Å². The van der Waals surface area contributed by atoms with E-state index in [2.05, 4.69) is 26.3 Å². The molecular weight excluding hydrogens is 234 g/mol. The lowest BCUT2D eigenvalue weighted by Gasteiger charge is -2.10. The molecule has 72 valence electrons. The minimum atomic E-state index is -0.0672. The van der Waals surface area contributed by atoms with Crippen LogP contribution >= 0.6 is 15.9 Å². The molecule has 0 radical (unpaired) electrons. The van der Waals surface area contributed by atoms with Gasteiger partial charge in [0.2, 0.25) is 5.91 Å². The van der Waals surface area contributed by atoms with E-state index in [1.807, 2.05) is 13.8 Å². The highest BCUT2D eigenvalue weighted by molar-refractivity contribution is 9.09. The fourth-order valence-electron chi connectivity index (χ4n) is 1.00. The Morgan fingerprint density at radius 3 is 3.00 bits per heavy atom. The third kappa shape index (κ3) is 2.55. The van der Waals surface area contributed by atoms with Crippen molar-refractivity contribution >= 4 is 27.7 Å². The summed E-state index contributed by atoms with van der Waals surface area (Å²) in [5.74, 6) is 0.668. The lowest BCUT2D eigenvalue weighted by atomic mass is 10.4. The second-order valence-electron chi connectivity index (χ2n) is 2.94. The van der Waals surface area contributed by atoms with Crippen LogP contribution in [-0.2, 0) is 4.79 Å². The largest absolute Gasteiger partial charge is 0.310 e. The van der Waals surface area contributed by atoms with Gasteiger partial charge >= 0.3 is 0 Å². The third-order valence-corrected chi connectivity index (χ3v) is 2.06. The van der Waals surface area contributed by atoms with Crippen molar-refractivity contribution in [3.05, 3.63) is 12.3 Å². The molecule has 13 heavy (non-hydrogen) atoms. The molecular formula is C8H12BrN3O. The molecule has 0 spiro atoms. The molecule has 1 aromatic rings. The lowest BCUT2D eigenvalue weighted by molar-refractivity contribution is -0.113. The molecule has 0 aliphatic carbocycles. The van der Waals surface area contributed by atoms with Crippen molar-refractivity contribution in [3.63, 3.8) is 0 Å². The molecule has 1 aromatic heterocycles. The van der Waals surface area contributed by atoms with E-state index in [9.17, 15) is 4.79 Å². The van der Waals surface area contributed by atoms with Crippen LogP contribution in [0.25, 0.3) is 0 Å². The maximum Gasteiger partial charge on any atom is 0.236 e. The summed E-state index contributed by atoms with van der Waals surface area (Å²) in [5, 5.41) is 7.13. The lowest BCUT2D eigenvalue weighted by Crippen LogP contribution is -2.17. The smallest absolute Gasteiger partial charge is 0.236 e. The number of hydrogen-bond donors (Lipinski definition) is 1. The van der Waals surface area contributed by atoms with Gasteiger partial charge in [0.25, 0.3) is 0 Å². The predicted octanol–water partition coefficient (Wildman–Crippen LogP) is 1.80. The number of hydrogen-bond acceptors (Lipinski definition) is 2. The van der Waals surface area contributed by atoms with Crippen molar-refractivity contribution < 1.29 is 4.79 Å².